The molecule has 1 N–H and O–H groups in total. The molecular formula is C18H21ClN2O4. The molecule has 1 saturated carbocycles. The number of hydrogen-bond acceptors (Lipinski definition) is 5. The standard InChI is InChI=1S/C18H21ClN2O4/c1-5-18(9-13(22)10-18)16(24)21(11-15(23)25-17(2,3)4)12-6-7-20-14(19)8-12/h1,6-8,13,22H,9-11H2,2-4H3. The Morgan fingerprint density at radius 2 is 2.16 bits per heavy atom. The van der Waals surface area contributed by atoms with E-state index in [1.54, 1.807) is 26.8 Å². The molecule has 6 nitrogen and oxygen atoms in total. The molecule has 1 aromatic heterocycles. The van der Waals surface area contributed by atoms with Crippen LogP contribution in [0.15, 0.2) is 18.3 Å². The van der Waals surface area contributed by atoms with Crippen molar-refractivity contribution >= 4 is 29.2 Å². The third-order valence-corrected chi connectivity index (χ3v) is 4.03. The summed E-state index contributed by atoms with van der Waals surface area (Å²) in [5, 5.41) is 9.79. The lowest BCUT2D eigenvalue weighted by molar-refractivity contribution is -0.154. The minimum Gasteiger partial charge on any atom is -0.459 e. The summed E-state index contributed by atoms with van der Waals surface area (Å²) in [6.07, 6.45) is 6.68. The van der Waals surface area contributed by atoms with Gasteiger partial charge in [-0.15, -0.1) is 6.42 Å². The zero-order valence-electron chi connectivity index (χ0n) is 14.5. The lowest BCUT2D eigenvalue weighted by atomic mass is 9.66. The summed E-state index contributed by atoms with van der Waals surface area (Å²) in [5.74, 6) is 1.47. The SMILES string of the molecule is C#CC1(C(=O)N(CC(=O)OC(C)(C)C)c2ccnc(Cl)c2)CC(O)C1. The maximum absolute atomic E-state index is 13.0. The van der Waals surface area contributed by atoms with Crippen molar-refractivity contribution in [2.45, 2.75) is 45.3 Å². The number of pyridine rings is 1. The summed E-state index contributed by atoms with van der Waals surface area (Å²) >= 11 is 5.91. The highest BCUT2D eigenvalue weighted by Crippen LogP contribution is 2.43. The first-order chi connectivity index (χ1) is 11.6. The Bertz CT molecular complexity index is 715. The van der Waals surface area contributed by atoms with E-state index in [0.717, 1.165) is 0 Å². The van der Waals surface area contributed by atoms with Gasteiger partial charge < -0.3 is 9.84 Å². The van der Waals surface area contributed by atoms with Gasteiger partial charge in [-0.3, -0.25) is 14.5 Å². The number of aromatic nitrogens is 1. The molecule has 1 heterocycles. The third-order valence-electron chi connectivity index (χ3n) is 3.83. The van der Waals surface area contributed by atoms with Crippen LogP contribution >= 0.6 is 11.6 Å². The highest BCUT2D eigenvalue weighted by Gasteiger charge is 2.51. The Morgan fingerprint density at radius 1 is 1.52 bits per heavy atom. The number of carbonyl (C=O) groups is 2. The monoisotopic (exact) mass is 364 g/mol. The van der Waals surface area contributed by atoms with Crippen LogP contribution in [0.5, 0.6) is 0 Å². The van der Waals surface area contributed by atoms with E-state index in [-0.39, 0.29) is 24.5 Å². The number of anilines is 1. The molecule has 0 aliphatic heterocycles. The molecule has 2 rings (SSSR count). The molecule has 7 heteroatoms. The molecule has 0 spiro atoms. The summed E-state index contributed by atoms with van der Waals surface area (Å²) in [4.78, 5) is 30.4. The Balaban J connectivity index is 2.31. The van der Waals surface area contributed by atoms with Gasteiger partial charge in [-0.2, -0.15) is 0 Å². The smallest absolute Gasteiger partial charge is 0.326 e. The van der Waals surface area contributed by atoms with Crippen molar-refractivity contribution in [1.29, 1.82) is 0 Å². The molecule has 134 valence electrons. The second-order valence-electron chi connectivity index (χ2n) is 7.10. The Kier molecular flexibility index (Phi) is 5.40. The summed E-state index contributed by atoms with van der Waals surface area (Å²) in [6, 6.07) is 3.04. The van der Waals surface area contributed by atoms with Gasteiger partial charge in [0.25, 0.3) is 0 Å². The fourth-order valence-corrected chi connectivity index (χ4v) is 2.87. The Hall–Kier alpha value is -2.10. The normalized spacial score (nSPS) is 22.5. The molecule has 1 fully saturated rings. The van der Waals surface area contributed by atoms with Crippen molar-refractivity contribution in [3.05, 3.63) is 23.5 Å². The summed E-state index contributed by atoms with van der Waals surface area (Å²) in [6.45, 7) is 4.92. The lowest BCUT2D eigenvalue weighted by Gasteiger charge is -2.42. The van der Waals surface area contributed by atoms with Gasteiger partial charge in [0, 0.05) is 11.9 Å². The number of terminal acetylenes is 1. The predicted molar refractivity (Wildman–Crippen MR) is 94.0 cm³/mol. The number of amides is 1. The molecule has 0 aromatic carbocycles. The zero-order valence-corrected chi connectivity index (χ0v) is 15.2. The number of rotatable bonds is 4. The molecule has 0 bridgehead atoms. The van der Waals surface area contributed by atoms with Crippen LogP contribution in [0.1, 0.15) is 33.6 Å². The van der Waals surface area contributed by atoms with Crippen LogP contribution in [-0.2, 0) is 14.3 Å². The molecule has 0 atom stereocenters. The average Bonchev–Trinajstić information content (AvgIpc) is 2.47. The molecule has 1 aromatic rings. The topological polar surface area (TPSA) is 79.7 Å². The van der Waals surface area contributed by atoms with Gasteiger partial charge >= 0.3 is 5.97 Å². The van der Waals surface area contributed by atoms with Crippen molar-refractivity contribution in [3.63, 3.8) is 0 Å². The number of hydrogen-bond donors (Lipinski definition) is 1. The van der Waals surface area contributed by atoms with E-state index in [9.17, 15) is 14.7 Å². The number of halogens is 1. The average molecular weight is 365 g/mol. The van der Waals surface area contributed by atoms with Gasteiger partial charge in [-0.05, 0) is 45.7 Å². The van der Waals surface area contributed by atoms with E-state index < -0.39 is 29.0 Å². The first-order valence-electron chi connectivity index (χ1n) is 7.87. The van der Waals surface area contributed by atoms with E-state index >= 15 is 0 Å². The van der Waals surface area contributed by atoms with Crippen LogP contribution in [0.4, 0.5) is 5.69 Å². The molecule has 1 aliphatic carbocycles. The molecule has 1 amide bonds. The largest absolute Gasteiger partial charge is 0.459 e. The van der Waals surface area contributed by atoms with E-state index in [1.165, 1.54) is 17.2 Å². The van der Waals surface area contributed by atoms with Gasteiger partial charge in [-0.25, -0.2) is 4.98 Å². The highest BCUT2D eigenvalue weighted by atomic mass is 35.5. The zero-order chi connectivity index (χ0) is 18.8. The van der Waals surface area contributed by atoms with E-state index in [4.69, 9.17) is 22.8 Å². The number of aliphatic hydroxyl groups excluding tert-OH is 1. The quantitative estimate of drug-likeness (QED) is 0.503. The fourth-order valence-electron chi connectivity index (χ4n) is 2.70. The van der Waals surface area contributed by atoms with Crippen LogP contribution in [0, 0.1) is 17.8 Å². The number of nitrogens with zero attached hydrogens (tertiary/aromatic N) is 2. The van der Waals surface area contributed by atoms with Gasteiger partial charge in [0.05, 0.1) is 6.10 Å². The second kappa shape index (κ2) is 7.03. The highest BCUT2D eigenvalue weighted by molar-refractivity contribution is 6.29. The number of ether oxygens (including phenoxy) is 1. The van der Waals surface area contributed by atoms with Crippen molar-refractivity contribution in [2.75, 3.05) is 11.4 Å². The van der Waals surface area contributed by atoms with Crippen LogP contribution in [0.25, 0.3) is 0 Å². The third kappa shape index (κ3) is 4.50. The summed E-state index contributed by atoms with van der Waals surface area (Å²) in [7, 11) is 0. The first kappa shape index (κ1) is 19.2. The molecular weight excluding hydrogens is 344 g/mol. The summed E-state index contributed by atoms with van der Waals surface area (Å²) < 4.78 is 5.31. The molecule has 25 heavy (non-hydrogen) atoms. The minimum absolute atomic E-state index is 0.159. The van der Waals surface area contributed by atoms with Crippen LogP contribution in [0.3, 0.4) is 0 Å². The Morgan fingerprint density at radius 3 is 2.64 bits per heavy atom. The predicted octanol–water partition coefficient (Wildman–Crippen LogP) is 2.18. The maximum Gasteiger partial charge on any atom is 0.326 e. The maximum atomic E-state index is 13.0. The molecule has 1 aliphatic rings. The van der Waals surface area contributed by atoms with Gasteiger partial charge in [-0.1, -0.05) is 17.5 Å². The van der Waals surface area contributed by atoms with Crippen molar-refractivity contribution in [2.24, 2.45) is 5.41 Å². The molecule has 0 radical (unpaired) electrons. The van der Waals surface area contributed by atoms with Crippen LogP contribution in [-0.4, -0.2) is 40.2 Å². The van der Waals surface area contributed by atoms with Crippen molar-refractivity contribution < 1.29 is 19.4 Å². The number of esters is 1. The fraction of sp³-hybridized carbons (Fsp3) is 0.500. The van der Waals surface area contributed by atoms with Crippen LogP contribution < -0.4 is 4.90 Å². The number of aliphatic hydroxyl groups is 1. The second-order valence-corrected chi connectivity index (χ2v) is 7.49. The number of carbonyl (C=O) groups excluding carboxylic acids is 2. The minimum atomic E-state index is -1.13. The van der Waals surface area contributed by atoms with Gasteiger partial charge in [0.2, 0.25) is 5.91 Å². The van der Waals surface area contributed by atoms with E-state index in [0.29, 0.717) is 5.69 Å². The van der Waals surface area contributed by atoms with E-state index in [1.807, 2.05) is 0 Å². The van der Waals surface area contributed by atoms with Gasteiger partial charge in [0.1, 0.15) is 22.7 Å². The van der Waals surface area contributed by atoms with Crippen molar-refractivity contribution in [1.82, 2.24) is 4.98 Å². The van der Waals surface area contributed by atoms with E-state index in [2.05, 4.69) is 10.9 Å². The molecule has 0 unspecified atom stereocenters. The molecule has 0 saturated heterocycles. The lowest BCUT2D eigenvalue weighted by Crippen LogP contribution is -2.54. The van der Waals surface area contributed by atoms with Crippen LogP contribution in [0.2, 0.25) is 5.15 Å². The Labute approximate surface area is 152 Å². The van der Waals surface area contributed by atoms with Gasteiger partial charge in [0.15, 0.2) is 0 Å². The first-order valence-corrected chi connectivity index (χ1v) is 8.25. The van der Waals surface area contributed by atoms with Crippen molar-refractivity contribution in [3.8, 4) is 12.3 Å². The summed E-state index contributed by atoms with van der Waals surface area (Å²) in [5.41, 5.74) is -1.41.